The average molecular weight is 470 g/mol. The molecule has 0 spiro atoms. The maximum absolute atomic E-state index is 4.45. The Morgan fingerprint density at radius 1 is 1.19 bits per heavy atom. The fourth-order valence-electron chi connectivity index (χ4n) is 3.84. The Balaban J connectivity index is 0.00000243. The third kappa shape index (κ3) is 6.12. The lowest BCUT2D eigenvalue weighted by Crippen LogP contribution is -2.50. The highest BCUT2D eigenvalue weighted by molar-refractivity contribution is 14.0. The van der Waals surface area contributed by atoms with Crippen LogP contribution >= 0.6 is 24.0 Å². The zero-order valence-corrected chi connectivity index (χ0v) is 18.8. The van der Waals surface area contributed by atoms with Crippen molar-refractivity contribution in [1.82, 2.24) is 15.5 Å². The highest BCUT2D eigenvalue weighted by Crippen LogP contribution is 2.47. The van der Waals surface area contributed by atoms with Gasteiger partial charge in [-0.25, -0.2) is 0 Å². The summed E-state index contributed by atoms with van der Waals surface area (Å²) < 4.78 is 0. The first-order valence-corrected chi connectivity index (χ1v) is 9.85. The molecule has 2 aliphatic rings. The minimum Gasteiger partial charge on any atom is -0.356 e. The van der Waals surface area contributed by atoms with E-state index in [0.717, 1.165) is 12.5 Å². The summed E-state index contributed by atoms with van der Waals surface area (Å²) in [5.74, 6) is 0.974. The zero-order chi connectivity index (χ0) is 17.7. The van der Waals surface area contributed by atoms with Gasteiger partial charge >= 0.3 is 0 Å². The summed E-state index contributed by atoms with van der Waals surface area (Å²) in [6.45, 7) is 7.97. The summed E-state index contributed by atoms with van der Waals surface area (Å²) in [4.78, 5) is 7.02. The van der Waals surface area contributed by atoms with Crippen molar-refractivity contribution in [2.24, 2.45) is 10.4 Å². The second kappa shape index (κ2) is 9.93. The molecule has 2 fully saturated rings. The van der Waals surface area contributed by atoms with Gasteiger partial charge in [0.2, 0.25) is 0 Å². The van der Waals surface area contributed by atoms with Gasteiger partial charge < -0.3 is 15.5 Å². The van der Waals surface area contributed by atoms with Gasteiger partial charge in [-0.05, 0) is 56.9 Å². The molecule has 0 radical (unpaired) electrons. The molecular weight excluding hydrogens is 435 g/mol. The number of guanidine groups is 1. The van der Waals surface area contributed by atoms with Crippen molar-refractivity contribution in [2.75, 3.05) is 26.7 Å². The van der Waals surface area contributed by atoms with E-state index in [-0.39, 0.29) is 24.0 Å². The van der Waals surface area contributed by atoms with Gasteiger partial charge in [0.15, 0.2) is 5.96 Å². The van der Waals surface area contributed by atoms with Crippen molar-refractivity contribution >= 4 is 29.9 Å². The Morgan fingerprint density at radius 3 is 2.38 bits per heavy atom. The van der Waals surface area contributed by atoms with Gasteiger partial charge in [0, 0.05) is 38.8 Å². The second-order valence-corrected chi connectivity index (χ2v) is 8.14. The summed E-state index contributed by atoms with van der Waals surface area (Å²) in [5.41, 5.74) is 1.88. The van der Waals surface area contributed by atoms with E-state index in [0.29, 0.717) is 17.5 Å². The summed E-state index contributed by atoms with van der Waals surface area (Å²) in [6, 6.07) is 12.1. The van der Waals surface area contributed by atoms with E-state index in [9.17, 15) is 0 Å². The molecule has 1 aromatic rings. The largest absolute Gasteiger partial charge is 0.356 e. The number of rotatable bonds is 6. The number of piperidine rings is 1. The van der Waals surface area contributed by atoms with Gasteiger partial charge in [-0.2, -0.15) is 0 Å². The number of nitrogens with zero attached hydrogens (tertiary/aromatic N) is 2. The minimum absolute atomic E-state index is 0. The first-order valence-electron chi connectivity index (χ1n) is 9.85. The first-order chi connectivity index (χ1) is 12.1. The highest BCUT2D eigenvalue weighted by atomic mass is 127. The number of halogens is 1. The molecule has 1 aliphatic carbocycles. The molecule has 0 amide bonds. The lowest BCUT2D eigenvalue weighted by Gasteiger charge is -2.35. The molecule has 1 saturated heterocycles. The Morgan fingerprint density at radius 2 is 1.85 bits per heavy atom. The molecule has 0 unspecified atom stereocenters. The van der Waals surface area contributed by atoms with Gasteiger partial charge in [-0.1, -0.05) is 30.3 Å². The molecule has 4 nitrogen and oxygen atoms in total. The van der Waals surface area contributed by atoms with Crippen LogP contribution in [-0.4, -0.2) is 49.6 Å². The number of hydrogen-bond acceptors (Lipinski definition) is 2. The Kier molecular flexibility index (Phi) is 8.20. The molecular formula is C21H35IN4. The summed E-state index contributed by atoms with van der Waals surface area (Å²) >= 11 is 0. The molecule has 0 atom stereocenters. The minimum atomic E-state index is 0. The maximum Gasteiger partial charge on any atom is 0.191 e. The molecule has 1 aliphatic heterocycles. The van der Waals surface area contributed by atoms with Crippen LogP contribution in [0.2, 0.25) is 0 Å². The summed E-state index contributed by atoms with van der Waals surface area (Å²) in [6.07, 6.45) is 6.21. The van der Waals surface area contributed by atoms with Crippen molar-refractivity contribution in [3.8, 4) is 0 Å². The van der Waals surface area contributed by atoms with Crippen molar-refractivity contribution in [3.63, 3.8) is 0 Å². The van der Waals surface area contributed by atoms with Crippen LogP contribution < -0.4 is 10.6 Å². The van der Waals surface area contributed by atoms with E-state index < -0.39 is 0 Å². The van der Waals surface area contributed by atoms with E-state index in [1.165, 1.54) is 50.8 Å². The fourth-order valence-corrected chi connectivity index (χ4v) is 3.84. The monoisotopic (exact) mass is 470 g/mol. The average Bonchev–Trinajstić information content (AvgIpc) is 3.39. The topological polar surface area (TPSA) is 39.7 Å². The third-order valence-electron chi connectivity index (χ3n) is 5.83. The van der Waals surface area contributed by atoms with Crippen LogP contribution in [0.1, 0.15) is 45.1 Å². The first kappa shape index (κ1) is 21.5. The molecule has 26 heavy (non-hydrogen) atoms. The van der Waals surface area contributed by atoms with Crippen LogP contribution in [0.4, 0.5) is 0 Å². The number of hydrogen-bond donors (Lipinski definition) is 2. The Labute approximate surface area is 176 Å². The third-order valence-corrected chi connectivity index (χ3v) is 5.83. The summed E-state index contributed by atoms with van der Waals surface area (Å²) in [7, 11) is 1.88. The predicted octanol–water partition coefficient (Wildman–Crippen LogP) is 3.67. The lowest BCUT2D eigenvalue weighted by molar-refractivity contribution is 0.167. The molecule has 3 rings (SSSR count). The molecule has 146 valence electrons. The van der Waals surface area contributed by atoms with Gasteiger partial charge in [0.25, 0.3) is 0 Å². The molecule has 0 bridgehead atoms. The molecule has 2 N–H and O–H groups in total. The highest BCUT2D eigenvalue weighted by Gasteiger charge is 2.42. The van der Waals surface area contributed by atoms with Crippen molar-refractivity contribution in [3.05, 3.63) is 35.9 Å². The van der Waals surface area contributed by atoms with Gasteiger partial charge in [0.05, 0.1) is 0 Å². The number of aliphatic imine (C=N–C) groups is 1. The molecule has 1 aromatic carbocycles. The van der Waals surface area contributed by atoms with Crippen LogP contribution in [0.15, 0.2) is 35.3 Å². The van der Waals surface area contributed by atoms with Gasteiger partial charge in [-0.15, -0.1) is 24.0 Å². The van der Waals surface area contributed by atoms with Crippen molar-refractivity contribution < 1.29 is 0 Å². The van der Waals surface area contributed by atoms with Crippen LogP contribution in [0, 0.1) is 5.41 Å². The molecule has 1 heterocycles. The lowest BCUT2D eigenvalue weighted by atomic mass is 9.96. The van der Waals surface area contributed by atoms with E-state index in [4.69, 9.17) is 0 Å². The van der Waals surface area contributed by atoms with E-state index >= 15 is 0 Å². The van der Waals surface area contributed by atoms with E-state index in [1.54, 1.807) is 0 Å². The standard InChI is InChI=1S/C21H34N4.HI/c1-17(2)25-13-9-19(10-14-25)24-20(22-3)23-16-21(11-12-21)15-18-7-5-4-6-8-18;/h4-8,17,19H,9-16H2,1-3H3,(H2,22,23,24);1H. The molecule has 1 saturated carbocycles. The molecule has 0 aromatic heterocycles. The number of likely N-dealkylation sites (tertiary alicyclic amines) is 1. The van der Waals surface area contributed by atoms with E-state index in [2.05, 4.69) is 64.7 Å². The fraction of sp³-hybridized carbons (Fsp3) is 0.667. The van der Waals surface area contributed by atoms with Gasteiger partial charge in [0.1, 0.15) is 0 Å². The van der Waals surface area contributed by atoms with Crippen LogP contribution in [-0.2, 0) is 6.42 Å². The van der Waals surface area contributed by atoms with E-state index in [1.807, 2.05) is 7.05 Å². The SMILES string of the molecule is CN=C(NCC1(Cc2ccccc2)CC1)NC1CCN(C(C)C)CC1.I. The van der Waals surface area contributed by atoms with Crippen LogP contribution in [0.5, 0.6) is 0 Å². The van der Waals surface area contributed by atoms with Crippen molar-refractivity contribution in [1.29, 1.82) is 0 Å². The second-order valence-electron chi connectivity index (χ2n) is 8.14. The Bertz CT molecular complexity index is 561. The molecule has 5 heteroatoms. The maximum atomic E-state index is 4.45. The van der Waals surface area contributed by atoms with Crippen LogP contribution in [0.25, 0.3) is 0 Å². The Hall–Kier alpha value is -0.820. The smallest absolute Gasteiger partial charge is 0.191 e. The van der Waals surface area contributed by atoms with Crippen LogP contribution in [0.3, 0.4) is 0 Å². The zero-order valence-electron chi connectivity index (χ0n) is 16.5. The quantitative estimate of drug-likeness (QED) is 0.379. The number of nitrogens with one attached hydrogen (secondary N) is 2. The van der Waals surface area contributed by atoms with Gasteiger partial charge in [-0.3, -0.25) is 4.99 Å². The summed E-state index contributed by atoms with van der Waals surface area (Å²) in [5, 5.41) is 7.24. The normalized spacial score (nSPS) is 20.5. The number of benzene rings is 1. The van der Waals surface area contributed by atoms with Crippen molar-refractivity contribution in [2.45, 2.75) is 58.0 Å². The predicted molar refractivity (Wildman–Crippen MR) is 121 cm³/mol.